The lowest BCUT2D eigenvalue weighted by Gasteiger charge is -2.14. The van der Waals surface area contributed by atoms with Gasteiger partial charge in [-0.1, -0.05) is 35.9 Å². The van der Waals surface area contributed by atoms with E-state index in [1.165, 1.54) is 0 Å². The van der Waals surface area contributed by atoms with Crippen LogP contribution < -0.4 is 15.4 Å². The second kappa shape index (κ2) is 8.36. The van der Waals surface area contributed by atoms with Crippen LogP contribution in [0.4, 0.5) is 5.69 Å². The fourth-order valence-corrected chi connectivity index (χ4v) is 2.10. The Bertz CT molecular complexity index is 714. The summed E-state index contributed by atoms with van der Waals surface area (Å²) in [6, 6.07) is 14.0. The van der Waals surface area contributed by atoms with E-state index in [0.29, 0.717) is 16.5 Å². The van der Waals surface area contributed by atoms with Gasteiger partial charge in [0.2, 0.25) is 0 Å². The molecule has 0 radical (unpaired) electrons. The number of para-hydroxylation sites is 2. The van der Waals surface area contributed by atoms with Crippen molar-refractivity contribution in [1.82, 2.24) is 5.32 Å². The Morgan fingerprint density at radius 2 is 1.71 bits per heavy atom. The maximum atomic E-state index is 12.0. The van der Waals surface area contributed by atoms with Gasteiger partial charge in [-0.2, -0.15) is 0 Å². The number of rotatable bonds is 5. The Kier molecular flexibility index (Phi) is 6.21. The quantitative estimate of drug-likeness (QED) is 0.815. The van der Waals surface area contributed by atoms with Crippen LogP contribution in [0.5, 0.6) is 5.75 Å². The third-order valence-electron chi connectivity index (χ3n) is 3.07. The molecule has 0 aliphatic carbocycles. The number of nitrogens with one attached hydrogen (secondary N) is 2. The molecule has 5 nitrogen and oxygen atoms in total. The molecule has 24 heavy (non-hydrogen) atoms. The molecule has 0 spiro atoms. The second-order valence-electron chi connectivity index (χ2n) is 5.43. The van der Waals surface area contributed by atoms with Crippen LogP contribution in [-0.2, 0) is 16.1 Å². The number of benzene rings is 2. The summed E-state index contributed by atoms with van der Waals surface area (Å²) in [6.07, 6.45) is -0.0400. The first-order chi connectivity index (χ1) is 11.5. The van der Waals surface area contributed by atoms with Crippen molar-refractivity contribution in [2.45, 2.75) is 26.5 Å². The molecule has 0 atom stereocenters. The van der Waals surface area contributed by atoms with Crippen molar-refractivity contribution in [3.05, 3.63) is 59.1 Å². The van der Waals surface area contributed by atoms with Crippen LogP contribution in [0.2, 0.25) is 5.02 Å². The summed E-state index contributed by atoms with van der Waals surface area (Å²) < 4.78 is 5.61. The number of anilines is 1. The highest BCUT2D eigenvalue weighted by Gasteiger charge is 2.15. The Labute approximate surface area is 146 Å². The smallest absolute Gasteiger partial charge is 0.313 e. The Morgan fingerprint density at radius 3 is 2.38 bits per heavy atom. The van der Waals surface area contributed by atoms with Gasteiger partial charge in [0.05, 0.1) is 11.8 Å². The van der Waals surface area contributed by atoms with Gasteiger partial charge in [-0.05, 0) is 43.7 Å². The van der Waals surface area contributed by atoms with E-state index in [1.807, 2.05) is 13.8 Å². The zero-order chi connectivity index (χ0) is 17.5. The maximum Gasteiger partial charge on any atom is 0.313 e. The lowest BCUT2D eigenvalue weighted by Crippen LogP contribution is -2.35. The predicted molar refractivity (Wildman–Crippen MR) is 94.1 cm³/mol. The van der Waals surface area contributed by atoms with Crippen molar-refractivity contribution >= 4 is 29.1 Å². The summed E-state index contributed by atoms with van der Waals surface area (Å²) in [5, 5.41) is 5.74. The zero-order valence-electron chi connectivity index (χ0n) is 13.5. The molecule has 2 amide bonds. The summed E-state index contributed by atoms with van der Waals surface area (Å²) in [7, 11) is 0. The van der Waals surface area contributed by atoms with Crippen LogP contribution in [0.3, 0.4) is 0 Å². The second-order valence-corrected chi connectivity index (χ2v) is 5.86. The monoisotopic (exact) mass is 346 g/mol. The van der Waals surface area contributed by atoms with Crippen LogP contribution in [0.25, 0.3) is 0 Å². The van der Waals surface area contributed by atoms with Crippen molar-refractivity contribution in [3.8, 4) is 5.75 Å². The first kappa shape index (κ1) is 17.8. The van der Waals surface area contributed by atoms with Gasteiger partial charge < -0.3 is 15.4 Å². The van der Waals surface area contributed by atoms with E-state index in [1.54, 1.807) is 48.5 Å². The van der Waals surface area contributed by atoms with E-state index in [0.717, 1.165) is 5.56 Å². The lowest BCUT2D eigenvalue weighted by molar-refractivity contribution is -0.136. The van der Waals surface area contributed by atoms with Crippen molar-refractivity contribution in [2.24, 2.45) is 0 Å². The number of amides is 2. The van der Waals surface area contributed by atoms with Gasteiger partial charge >= 0.3 is 11.8 Å². The third kappa shape index (κ3) is 5.28. The molecule has 2 aromatic rings. The van der Waals surface area contributed by atoms with E-state index in [9.17, 15) is 9.59 Å². The molecule has 0 heterocycles. The summed E-state index contributed by atoms with van der Waals surface area (Å²) in [5.74, 6) is -0.945. The average molecular weight is 347 g/mol. The fourth-order valence-electron chi connectivity index (χ4n) is 1.97. The van der Waals surface area contributed by atoms with Gasteiger partial charge in [0.25, 0.3) is 0 Å². The summed E-state index contributed by atoms with van der Waals surface area (Å²) in [6.45, 7) is 4.02. The van der Waals surface area contributed by atoms with Gasteiger partial charge in [-0.15, -0.1) is 0 Å². The van der Waals surface area contributed by atoms with Crippen LogP contribution in [0.1, 0.15) is 19.4 Å². The maximum absolute atomic E-state index is 12.0. The topological polar surface area (TPSA) is 67.4 Å². The molecule has 0 bridgehead atoms. The van der Waals surface area contributed by atoms with Gasteiger partial charge in [-0.25, -0.2) is 0 Å². The van der Waals surface area contributed by atoms with E-state index >= 15 is 0 Å². The number of carbonyl (C=O) groups excluding carboxylic acids is 2. The average Bonchev–Trinajstić information content (AvgIpc) is 2.55. The van der Waals surface area contributed by atoms with Gasteiger partial charge in [0.15, 0.2) is 0 Å². The minimum atomic E-state index is -0.747. The third-order valence-corrected chi connectivity index (χ3v) is 3.32. The molecule has 0 aromatic heterocycles. The highest BCUT2D eigenvalue weighted by atomic mass is 35.5. The van der Waals surface area contributed by atoms with Crippen molar-refractivity contribution in [1.29, 1.82) is 0 Å². The molecule has 0 fully saturated rings. The molecule has 126 valence electrons. The zero-order valence-corrected chi connectivity index (χ0v) is 14.3. The molecule has 0 aliphatic rings. The van der Waals surface area contributed by atoms with E-state index in [-0.39, 0.29) is 12.6 Å². The SMILES string of the molecule is CC(C)Oc1ccccc1NC(=O)C(=O)NCc1ccc(Cl)cc1. The van der Waals surface area contributed by atoms with Crippen molar-refractivity contribution < 1.29 is 14.3 Å². The molecule has 2 rings (SSSR count). The normalized spacial score (nSPS) is 10.3. The van der Waals surface area contributed by atoms with Crippen LogP contribution in [-0.4, -0.2) is 17.9 Å². The molecule has 0 aliphatic heterocycles. The minimum absolute atomic E-state index is 0.0400. The number of ether oxygens (including phenoxy) is 1. The molecule has 2 N–H and O–H groups in total. The number of carbonyl (C=O) groups is 2. The molecular formula is C18H19ClN2O3. The largest absolute Gasteiger partial charge is 0.489 e. The highest BCUT2D eigenvalue weighted by molar-refractivity contribution is 6.39. The highest BCUT2D eigenvalue weighted by Crippen LogP contribution is 2.24. The van der Waals surface area contributed by atoms with Crippen LogP contribution in [0.15, 0.2) is 48.5 Å². The summed E-state index contributed by atoms with van der Waals surface area (Å²) in [5.41, 5.74) is 1.31. The Balaban J connectivity index is 1.94. The lowest BCUT2D eigenvalue weighted by atomic mass is 10.2. The Hall–Kier alpha value is -2.53. The number of hydrogen-bond acceptors (Lipinski definition) is 3. The van der Waals surface area contributed by atoms with Crippen LogP contribution in [0, 0.1) is 0 Å². The molecule has 0 unspecified atom stereocenters. The van der Waals surface area contributed by atoms with E-state index in [4.69, 9.17) is 16.3 Å². The standard InChI is InChI=1S/C18H19ClN2O3/c1-12(2)24-16-6-4-3-5-15(16)21-18(23)17(22)20-11-13-7-9-14(19)10-8-13/h3-10,12H,11H2,1-2H3,(H,20,22)(H,21,23). The molecule has 6 heteroatoms. The van der Waals surface area contributed by atoms with E-state index in [2.05, 4.69) is 10.6 Å². The van der Waals surface area contributed by atoms with Crippen LogP contribution >= 0.6 is 11.6 Å². The summed E-state index contributed by atoms with van der Waals surface area (Å²) in [4.78, 5) is 24.0. The van der Waals surface area contributed by atoms with Gasteiger partial charge in [-0.3, -0.25) is 9.59 Å². The van der Waals surface area contributed by atoms with Crippen molar-refractivity contribution in [2.75, 3.05) is 5.32 Å². The first-order valence-electron chi connectivity index (χ1n) is 7.55. The number of hydrogen-bond donors (Lipinski definition) is 2. The molecule has 2 aromatic carbocycles. The fraction of sp³-hybridized carbons (Fsp3) is 0.222. The number of halogens is 1. The first-order valence-corrected chi connectivity index (χ1v) is 7.93. The molecular weight excluding hydrogens is 328 g/mol. The Morgan fingerprint density at radius 1 is 1.04 bits per heavy atom. The molecule has 0 saturated heterocycles. The predicted octanol–water partition coefficient (Wildman–Crippen LogP) is 3.38. The minimum Gasteiger partial charge on any atom is -0.489 e. The molecule has 0 saturated carbocycles. The van der Waals surface area contributed by atoms with Gasteiger partial charge in [0, 0.05) is 11.6 Å². The summed E-state index contributed by atoms with van der Waals surface area (Å²) >= 11 is 5.80. The van der Waals surface area contributed by atoms with Gasteiger partial charge in [0.1, 0.15) is 5.75 Å². The van der Waals surface area contributed by atoms with E-state index < -0.39 is 11.8 Å². The van der Waals surface area contributed by atoms with Crippen molar-refractivity contribution in [3.63, 3.8) is 0 Å².